The molecule has 6 nitrogen and oxygen atoms in total. The number of nitrogens with zero attached hydrogens (tertiary/aromatic N) is 1. The van der Waals surface area contributed by atoms with Crippen LogP contribution in [0.5, 0.6) is 11.5 Å². The maximum atomic E-state index is 13.5. The molecule has 0 fully saturated rings. The molecule has 2 heterocycles. The lowest BCUT2D eigenvalue weighted by Gasteiger charge is -2.19. The molecule has 5 rings (SSSR count). The van der Waals surface area contributed by atoms with Crippen LogP contribution < -0.4 is 19.7 Å². The number of para-hydroxylation sites is 1. The number of halogens is 2. The van der Waals surface area contributed by atoms with Crippen molar-refractivity contribution in [2.75, 3.05) is 23.4 Å². The molecule has 2 amide bonds. The van der Waals surface area contributed by atoms with E-state index in [-0.39, 0.29) is 22.0 Å². The van der Waals surface area contributed by atoms with Gasteiger partial charge in [-0.2, -0.15) is 0 Å². The first-order chi connectivity index (χ1) is 15.5. The number of ether oxygens (including phenoxy) is 2. The van der Waals surface area contributed by atoms with Crippen LogP contribution in [0.3, 0.4) is 0 Å². The van der Waals surface area contributed by atoms with Crippen LogP contribution in [-0.4, -0.2) is 25.0 Å². The highest BCUT2D eigenvalue weighted by Gasteiger charge is 2.41. The Balaban J connectivity index is 1.60. The summed E-state index contributed by atoms with van der Waals surface area (Å²) < 4.78 is 24.6. The summed E-state index contributed by atoms with van der Waals surface area (Å²) in [7, 11) is 0. The molecule has 8 heteroatoms. The minimum Gasteiger partial charge on any atom is -0.486 e. The van der Waals surface area contributed by atoms with Crippen molar-refractivity contribution in [3.63, 3.8) is 0 Å². The van der Waals surface area contributed by atoms with Crippen LogP contribution in [0, 0.1) is 5.82 Å². The number of anilines is 2. The number of carbonyl (C=O) groups is 2. The van der Waals surface area contributed by atoms with Gasteiger partial charge >= 0.3 is 0 Å². The van der Waals surface area contributed by atoms with Gasteiger partial charge in [0.15, 0.2) is 11.5 Å². The summed E-state index contributed by atoms with van der Waals surface area (Å²) in [5, 5.41) is 3.31. The Morgan fingerprint density at radius 3 is 2.34 bits per heavy atom. The molecule has 0 aliphatic carbocycles. The number of amides is 2. The Morgan fingerprint density at radius 1 is 0.875 bits per heavy atom. The minimum absolute atomic E-state index is 0.0539. The van der Waals surface area contributed by atoms with Gasteiger partial charge in [-0.15, -0.1) is 0 Å². The zero-order chi connectivity index (χ0) is 22.2. The van der Waals surface area contributed by atoms with E-state index < -0.39 is 17.6 Å². The summed E-state index contributed by atoms with van der Waals surface area (Å²) in [4.78, 5) is 27.8. The zero-order valence-electron chi connectivity index (χ0n) is 16.6. The fraction of sp³-hybridized carbons (Fsp3) is 0.0833. The molecule has 0 saturated carbocycles. The van der Waals surface area contributed by atoms with Crippen molar-refractivity contribution in [3.05, 3.63) is 88.8 Å². The predicted molar refractivity (Wildman–Crippen MR) is 118 cm³/mol. The first-order valence-electron chi connectivity index (χ1n) is 9.83. The van der Waals surface area contributed by atoms with Crippen LogP contribution in [0.4, 0.5) is 15.8 Å². The summed E-state index contributed by atoms with van der Waals surface area (Å²) >= 11 is 6.27. The maximum absolute atomic E-state index is 13.5. The average Bonchev–Trinajstić information content (AvgIpc) is 3.04. The molecule has 2 aliphatic heterocycles. The zero-order valence-corrected chi connectivity index (χ0v) is 17.4. The van der Waals surface area contributed by atoms with Gasteiger partial charge in [0.2, 0.25) is 0 Å². The number of imide groups is 1. The van der Waals surface area contributed by atoms with Crippen LogP contribution in [0.25, 0.3) is 5.57 Å². The highest BCUT2D eigenvalue weighted by Crippen LogP contribution is 2.38. The highest BCUT2D eigenvalue weighted by atomic mass is 35.5. The van der Waals surface area contributed by atoms with Crippen LogP contribution in [-0.2, 0) is 9.59 Å². The summed E-state index contributed by atoms with van der Waals surface area (Å²) in [5.74, 6) is -0.450. The molecular formula is C24H16ClFN2O4. The smallest absolute Gasteiger partial charge is 0.282 e. The molecule has 3 aromatic rings. The molecule has 0 bridgehead atoms. The average molecular weight is 451 g/mol. The Bertz CT molecular complexity index is 1270. The van der Waals surface area contributed by atoms with Crippen molar-refractivity contribution >= 4 is 40.4 Å². The Labute approximate surface area is 187 Å². The Morgan fingerprint density at radius 2 is 1.59 bits per heavy atom. The van der Waals surface area contributed by atoms with Gasteiger partial charge in [-0.1, -0.05) is 35.9 Å². The molecule has 0 spiro atoms. The van der Waals surface area contributed by atoms with Gasteiger partial charge in [-0.05, 0) is 42.0 Å². The molecular weight excluding hydrogens is 435 g/mol. The predicted octanol–water partition coefficient (Wildman–Crippen LogP) is 4.65. The molecule has 0 aromatic heterocycles. The molecule has 160 valence electrons. The van der Waals surface area contributed by atoms with Crippen molar-refractivity contribution in [2.24, 2.45) is 0 Å². The van der Waals surface area contributed by atoms with Gasteiger partial charge in [0, 0.05) is 11.8 Å². The molecule has 3 aromatic carbocycles. The number of rotatable bonds is 4. The van der Waals surface area contributed by atoms with E-state index in [1.54, 1.807) is 42.5 Å². The third kappa shape index (κ3) is 3.46. The standard InChI is InChI=1S/C24H16ClFN2O4/c25-17-3-1-2-4-18(17)28-23(29)21(14-5-7-15(26)8-6-14)22(24(28)30)27-16-9-10-19-20(13-16)32-12-11-31-19/h1-10,13,27H,11-12H2. The van der Waals surface area contributed by atoms with Gasteiger partial charge in [-0.3, -0.25) is 9.59 Å². The highest BCUT2D eigenvalue weighted by molar-refractivity contribution is 6.48. The molecule has 2 aliphatic rings. The molecule has 0 unspecified atom stereocenters. The topological polar surface area (TPSA) is 67.9 Å². The van der Waals surface area contributed by atoms with Gasteiger partial charge in [0.25, 0.3) is 11.8 Å². The first kappa shape index (κ1) is 20.1. The first-order valence-corrected chi connectivity index (χ1v) is 10.2. The SMILES string of the molecule is O=C1C(Nc2ccc3c(c2)OCCO3)=C(c2ccc(F)cc2)C(=O)N1c1ccccc1Cl. The third-order valence-corrected chi connectivity index (χ3v) is 5.44. The lowest BCUT2D eigenvalue weighted by molar-refractivity contribution is -0.120. The molecule has 32 heavy (non-hydrogen) atoms. The minimum atomic E-state index is -0.572. The number of benzene rings is 3. The van der Waals surface area contributed by atoms with Crippen molar-refractivity contribution in [1.29, 1.82) is 0 Å². The van der Waals surface area contributed by atoms with E-state index >= 15 is 0 Å². The molecule has 1 N–H and O–H groups in total. The van der Waals surface area contributed by atoms with Crippen molar-refractivity contribution < 1.29 is 23.5 Å². The molecule has 0 saturated heterocycles. The second-order valence-corrected chi connectivity index (χ2v) is 7.54. The second kappa shape index (κ2) is 8.01. The number of hydrogen-bond donors (Lipinski definition) is 1. The third-order valence-electron chi connectivity index (χ3n) is 5.12. The monoisotopic (exact) mass is 450 g/mol. The van der Waals surface area contributed by atoms with Gasteiger partial charge in [0.05, 0.1) is 16.3 Å². The quantitative estimate of drug-likeness (QED) is 0.586. The van der Waals surface area contributed by atoms with E-state index in [1.165, 1.54) is 24.3 Å². The van der Waals surface area contributed by atoms with Crippen molar-refractivity contribution in [3.8, 4) is 11.5 Å². The summed E-state index contributed by atoms with van der Waals surface area (Å²) in [6.45, 7) is 0.872. The fourth-order valence-corrected chi connectivity index (χ4v) is 3.87. The summed E-state index contributed by atoms with van der Waals surface area (Å²) in [6, 6.07) is 17.1. The van der Waals surface area contributed by atoms with Crippen molar-refractivity contribution in [2.45, 2.75) is 0 Å². The Hall–Kier alpha value is -3.84. The lowest BCUT2D eigenvalue weighted by atomic mass is 10.0. The van der Waals surface area contributed by atoms with Gasteiger partial charge in [0.1, 0.15) is 24.7 Å². The van der Waals surface area contributed by atoms with E-state index in [4.69, 9.17) is 21.1 Å². The van der Waals surface area contributed by atoms with Gasteiger partial charge < -0.3 is 14.8 Å². The van der Waals surface area contributed by atoms with Gasteiger partial charge in [-0.25, -0.2) is 9.29 Å². The Kier molecular flexibility index (Phi) is 5.03. The maximum Gasteiger partial charge on any atom is 0.282 e. The van der Waals surface area contributed by atoms with Crippen molar-refractivity contribution in [1.82, 2.24) is 0 Å². The second-order valence-electron chi connectivity index (χ2n) is 7.14. The summed E-state index contributed by atoms with van der Waals surface area (Å²) in [6.07, 6.45) is 0. The van der Waals surface area contributed by atoms with Crippen LogP contribution in [0.2, 0.25) is 5.02 Å². The van der Waals surface area contributed by atoms with Crippen LogP contribution in [0.1, 0.15) is 5.56 Å². The van der Waals surface area contributed by atoms with E-state index in [9.17, 15) is 14.0 Å². The molecule has 0 atom stereocenters. The van der Waals surface area contributed by atoms with Crippen LogP contribution in [0.15, 0.2) is 72.4 Å². The normalized spacial score (nSPS) is 15.4. The summed E-state index contributed by atoms with van der Waals surface area (Å²) in [5.41, 5.74) is 1.37. The lowest BCUT2D eigenvalue weighted by Crippen LogP contribution is -2.32. The molecule has 0 radical (unpaired) electrons. The van der Waals surface area contributed by atoms with E-state index in [1.807, 2.05) is 0 Å². The number of fused-ring (bicyclic) bond motifs is 1. The van der Waals surface area contributed by atoms with Crippen LogP contribution >= 0.6 is 11.6 Å². The number of nitrogens with one attached hydrogen (secondary N) is 1. The van der Waals surface area contributed by atoms with E-state index in [2.05, 4.69) is 5.32 Å². The van der Waals surface area contributed by atoms with E-state index in [0.717, 1.165) is 4.90 Å². The largest absolute Gasteiger partial charge is 0.486 e. The number of hydrogen-bond acceptors (Lipinski definition) is 5. The number of carbonyl (C=O) groups excluding carboxylic acids is 2. The fourth-order valence-electron chi connectivity index (χ4n) is 3.65. The van der Waals surface area contributed by atoms with E-state index in [0.29, 0.717) is 36.0 Å².